The van der Waals surface area contributed by atoms with Crippen LogP contribution in [0.25, 0.3) is 0 Å². The molecule has 136 valence electrons. The predicted octanol–water partition coefficient (Wildman–Crippen LogP) is 0.740. The van der Waals surface area contributed by atoms with Crippen molar-refractivity contribution in [2.75, 3.05) is 39.3 Å². The monoisotopic (exact) mass is 350 g/mol. The summed E-state index contributed by atoms with van der Waals surface area (Å²) in [5.41, 5.74) is 0.984. The van der Waals surface area contributed by atoms with Gasteiger partial charge in [0, 0.05) is 39.7 Å². The minimum absolute atomic E-state index is 0.0130. The van der Waals surface area contributed by atoms with Gasteiger partial charge in [0.25, 0.3) is 5.91 Å². The molecule has 2 rings (SSSR count). The molecule has 2 amide bonds. The molecule has 0 saturated carbocycles. The molecule has 8 nitrogen and oxygen atoms in total. The van der Waals surface area contributed by atoms with Gasteiger partial charge in [0.05, 0.1) is 12.2 Å². The molecular weight excluding hydrogens is 328 g/mol. The number of anilines is 1. The van der Waals surface area contributed by atoms with E-state index in [0.717, 1.165) is 0 Å². The lowest BCUT2D eigenvalue weighted by atomic mass is 10.0. The molecular formula is C17H22N2O6. The summed E-state index contributed by atoms with van der Waals surface area (Å²) in [4.78, 5) is 37.2. The first-order valence-corrected chi connectivity index (χ1v) is 7.85. The first-order chi connectivity index (χ1) is 12.0. The number of Topliss-reactive ketones (excluding diaryl/α,β-unsaturated/α-hetero) is 1. The zero-order chi connectivity index (χ0) is 18.4. The number of likely N-dealkylation sites (N-methyl/N-ethyl adjacent to an activating group) is 1. The smallest absolute Gasteiger partial charge is 0.264 e. The van der Waals surface area contributed by atoms with E-state index in [-0.39, 0.29) is 43.6 Å². The van der Waals surface area contributed by atoms with Crippen molar-refractivity contribution in [3.8, 4) is 5.75 Å². The van der Waals surface area contributed by atoms with Crippen LogP contribution in [0.3, 0.4) is 0 Å². The number of nitrogens with zero attached hydrogens (tertiary/aromatic N) is 1. The Hall–Kier alpha value is -2.45. The number of hydrogen-bond donors (Lipinski definition) is 1. The second-order valence-corrected chi connectivity index (χ2v) is 5.55. The van der Waals surface area contributed by atoms with Gasteiger partial charge in [-0.15, -0.1) is 0 Å². The lowest BCUT2D eigenvalue weighted by Gasteiger charge is -2.26. The summed E-state index contributed by atoms with van der Waals surface area (Å²) < 4.78 is 15.3. The van der Waals surface area contributed by atoms with Crippen molar-refractivity contribution in [2.45, 2.75) is 19.1 Å². The van der Waals surface area contributed by atoms with E-state index < -0.39 is 6.29 Å². The summed E-state index contributed by atoms with van der Waals surface area (Å²) in [7, 11) is 4.59. The molecule has 0 aromatic heterocycles. The van der Waals surface area contributed by atoms with Crippen molar-refractivity contribution in [1.82, 2.24) is 5.32 Å². The van der Waals surface area contributed by atoms with E-state index in [2.05, 4.69) is 5.32 Å². The minimum atomic E-state index is -0.520. The molecule has 0 bridgehead atoms. The maximum atomic E-state index is 12.3. The number of ketones is 1. The molecule has 1 heterocycles. The first kappa shape index (κ1) is 18.9. The zero-order valence-electron chi connectivity index (χ0n) is 14.5. The summed E-state index contributed by atoms with van der Waals surface area (Å²) in [6.45, 7) is 0.198. The van der Waals surface area contributed by atoms with Crippen LogP contribution in [0, 0.1) is 0 Å². The molecule has 0 spiro atoms. The molecule has 0 fully saturated rings. The van der Waals surface area contributed by atoms with Gasteiger partial charge < -0.3 is 24.4 Å². The Morgan fingerprint density at radius 1 is 1.28 bits per heavy atom. The number of rotatable bonds is 8. The van der Waals surface area contributed by atoms with Crippen LogP contribution in [-0.4, -0.2) is 58.3 Å². The number of hydrogen-bond acceptors (Lipinski definition) is 6. The van der Waals surface area contributed by atoms with Gasteiger partial charge in [0.2, 0.25) is 5.91 Å². The Balaban J connectivity index is 1.91. The summed E-state index contributed by atoms with van der Waals surface area (Å²) in [6.07, 6.45) is -0.400. The highest BCUT2D eigenvalue weighted by Gasteiger charge is 2.23. The summed E-state index contributed by atoms with van der Waals surface area (Å²) in [5, 5.41) is 2.64. The molecule has 1 N–H and O–H groups in total. The number of benzene rings is 1. The van der Waals surface area contributed by atoms with E-state index in [9.17, 15) is 14.4 Å². The van der Waals surface area contributed by atoms with Crippen molar-refractivity contribution < 1.29 is 28.6 Å². The molecule has 1 aromatic rings. The van der Waals surface area contributed by atoms with Crippen molar-refractivity contribution in [3.63, 3.8) is 0 Å². The number of methoxy groups -OCH3 is 2. The predicted molar refractivity (Wildman–Crippen MR) is 89.7 cm³/mol. The number of amides is 2. The molecule has 1 aliphatic rings. The van der Waals surface area contributed by atoms with Crippen LogP contribution >= 0.6 is 0 Å². The quantitative estimate of drug-likeness (QED) is 0.549. The third-order valence-electron chi connectivity index (χ3n) is 3.94. The number of nitrogens with one attached hydrogen (secondary N) is 1. The minimum Gasteiger partial charge on any atom is -0.482 e. The average Bonchev–Trinajstić information content (AvgIpc) is 2.63. The molecule has 25 heavy (non-hydrogen) atoms. The van der Waals surface area contributed by atoms with Gasteiger partial charge in [-0.2, -0.15) is 0 Å². The average molecular weight is 350 g/mol. The van der Waals surface area contributed by atoms with Crippen LogP contribution in [0.15, 0.2) is 18.2 Å². The topological polar surface area (TPSA) is 94.2 Å². The maximum absolute atomic E-state index is 12.3. The van der Waals surface area contributed by atoms with E-state index in [0.29, 0.717) is 17.0 Å². The van der Waals surface area contributed by atoms with Crippen molar-refractivity contribution >= 4 is 23.3 Å². The Morgan fingerprint density at radius 2 is 2.00 bits per heavy atom. The van der Waals surface area contributed by atoms with Gasteiger partial charge in [-0.3, -0.25) is 14.4 Å². The highest BCUT2D eigenvalue weighted by molar-refractivity contribution is 6.02. The highest BCUT2D eigenvalue weighted by atomic mass is 16.7. The third-order valence-corrected chi connectivity index (χ3v) is 3.94. The molecule has 0 atom stereocenters. The lowest BCUT2D eigenvalue weighted by molar-refractivity contribution is -0.127. The van der Waals surface area contributed by atoms with E-state index in [1.54, 1.807) is 25.2 Å². The normalized spacial score (nSPS) is 13.4. The Bertz CT molecular complexity index is 657. The van der Waals surface area contributed by atoms with Crippen molar-refractivity contribution in [3.05, 3.63) is 23.8 Å². The molecule has 0 unspecified atom stereocenters. The first-order valence-electron chi connectivity index (χ1n) is 7.85. The van der Waals surface area contributed by atoms with Gasteiger partial charge in [0.15, 0.2) is 18.7 Å². The van der Waals surface area contributed by atoms with E-state index >= 15 is 0 Å². The van der Waals surface area contributed by atoms with Crippen LogP contribution in [0.2, 0.25) is 0 Å². The largest absolute Gasteiger partial charge is 0.482 e. The van der Waals surface area contributed by atoms with Crippen molar-refractivity contribution in [1.29, 1.82) is 0 Å². The van der Waals surface area contributed by atoms with E-state index in [1.165, 1.54) is 19.1 Å². The summed E-state index contributed by atoms with van der Waals surface area (Å²) in [6, 6.07) is 4.90. The fourth-order valence-corrected chi connectivity index (χ4v) is 2.37. The van der Waals surface area contributed by atoms with Gasteiger partial charge in [-0.05, 0) is 18.2 Å². The molecule has 1 aromatic carbocycles. The SMILES string of the molecule is COC(CNC(=O)CCC(=O)c1ccc2c(c1)N(C)C(=O)CO2)OC. The number of carbonyl (C=O) groups excluding carboxylic acids is 3. The molecule has 0 saturated heterocycles. The van der Waals surface area contributed by atoms with Gasteiger partial charge in [-0.1, -0.05) is 0 Å². The van der Waals surface area contributed by atoms with Gasteiger partial charge in [-0.25, -0.2) is 0 Å². The Morgan fingerprint density at radius 3 is 2.68 bits per heavy atom. The van der Waals surface area contributed by atoms with Gasteiger partial charge in [0.1, 0.15) is 5.75 Å². The number of carbonyl (C=O) groups is 3. The number of fused-ring (bicyclic) bond motifs is 1. The Kier molecular flexibility index (Phi) is 6.49. The highest BCUT2D eigenvalue weighted by Crippen LogP contribution is 2.32. The van der Waals surface area contributed by atoms with Crippen LogP contribution in [0.5, 0.6) is 5.75 Å². The van der Waals surface area contributed by atoms with Crippen LogP contribution in [-0.2, 0) is 19.1 Å². The standard InChI is InChI=1S/C17H22N2O6/c1-19-12-8-11(4-6-14(12)25-10-16(19)22)13(20)5-7-15(21)18-9-17(23-2)24-3/h4,6,8,17H,5,7,9-10H2,1-3H3,(H,18,21). The molecule has 8 heteroatoms. The summed E-state index contributed by atoms with van der Waals surface area (Å²) >= 11 is 0. The van der Waals surface area contributed by atoms with Crippen LogP contribution in [0.4, 0.5) is 5.69 Å². The van der Waals surface area contributed by atoms with Crippen LogP contribution in [0.1, 0.15) is 23.2 Å². The fraction of sp³-hybridized carbons (Fsp3) is 0.471. The molecule has 0 aliphatic carbocycles. The Labute approximate surface area is 146 Å². The van der Waals surface area contributed by atoms with E-state index in [4.69, 9.17) is 14.2 Å². The molecule has 1 aliphatic heterocycles. The summed E-state index contributed by atoms with van der Waals surface area (Å²) in [5.74, 6) is -0.0654. The van der Waals surface area contributed by atoms with Crippen LogP contribution < -0.4 is 15.0 Å². The van der Waals surface area contributed by atoms with Crippen molar-refractivity contribution in [2.24, 2.45) is 0 Å². The number of ether oxygens (including phenoxy) is 3. The maximum Gasteiger partial charge on any atom is 0.264 e. The second-order valence-electron chi connectivity index (χ2n) is 5.55. The zero-order valence-corrected chi connectivity index (χ0v) is 14.5. The van der Waals surface area contributed by atoms with E-state index in [1.807, 2.05) is 0 Å². The lowest BCUT2D eigenvalue weighted by Crippen LogP contribution is -2.35. The fourth-order valence-electron chi connectivity index (χ4n) is 2.37. The van der Waals surface area contributed by atoms with Gasteiger partial charge >= 0.3 is 0 Å². The molecule has 0 radical (unpaired) electrons. The second kappa shape index (κ2) is 8.59. The third kappa shape index (κ3) is 4.77.